The molecule has 0 radical (unpaired) electrons. The van der Waals surface area contributed by atoms with Gasteiger partial charge in [-0.2, -0.15) is 0 Å². The van der Waals surface area contributed by atoms with Crippen molar-refractivity contribution in [1.29, 1.82) is 0 Å². The van der Waals surface area contributed by atoms with Gasteiger partial charge in [-0.25, -0.2) is 0 Å². The van der Waals surface area contributed by atoms with Crippen LogP contribution in [0.5, 0.6) is 5.75 Å². The van der Waals surface area contributed by atoms with E-state index in [-0.39, 0.29) is 5.69 Å². The third-order valence-electron chi connectivity index (χ3n) is 3.67. The first-order valence-electron chi connectivity index (χ1n) is 7.51. The fourth-order valence-corrected chi connectivity index (χ4v) is 2.27. The Morgan fingerprint density at radius 2 is 1.95 bits per heavy atom. The number of benzene rings is 1. The van der Waals surface area contributed by atoms with Crippen molar-refractivity contribution in [2.75, 3.05) is 59.6 Å². The van der Waals surface area contributed by atoms with Gasteiger partial charge in [-0.3, -0.25) is 15.0 Å². The molecule has 0 saturated carbocycles. The molecule has 0 aliphatic carbocycles. The average Bonchev–Trinajstić information content (AvgIpc) is 2.52. The molecular formula is C15H23N3O4. The van der Waals surface area contributed by atoms with Crippen molar-refractivity contribution in [1.82, 2.24) is 9.80 Å². The number of piperazine rings is 1. The molecule has 1 aromatic carbocycles. The molecule has 0 amide bonds. The van der Waals surface area contributed by atoms with Gasteiger partial charge in [0.25, 0.3) is 5.69 Å². The fraction of sp³-hybridized carbons (Fsp3) is 0.600. The lowest BCUT2D eigenvalue weighted by molar-refractivity contribution is -0.384. The number of hydrogen-bond acceptors (Lipinski definition) is 6. The second-order valence-electron chi connectivity index (χ2n) is 5.36. The standard InChI is InChI=1S/C15H23N3O4/c1-16-5-7-17(8-6-16)9-10-21-11-12-22-15-4-2-3-14(13-15)18(19)20/h2-4,13H,5-12H2,1H3. The first-order valence-corrected chi connectivity index (χ1v) is 7.51. The van der Waals surface area contributed by atoms with E-state index in [1.165, 1.54) is 12.1 Å². The number of nitro benzene ring substituents is 1. The van der Waals surface area contributed by atoms with Crippen molar-refractivity contribution in [2.24, 2.45) is 0 Å². The molecule has 0 atom stereocenters. The summed E-state index contributed by atoms with van der Waals surface area (Å²) >= 11 is 0. The summed E-state index contributed by atoms with van der Waals surface area (Å²) in [5.74, 6) is 0.497. The van der Waals surface area contributed by atoms with Crippen molar-refractivity contribution in [3.05, 3.63) is 34.4 Å². The molecule has 1 saturated heterocycles. The van der Waals surface area contributed by atoms with Crippen molar-refractivity contribution in [3.8, 4) is 5.75 Å². The van der Waals surface area contributed by atoms with Gasteiger partial charge in [0.1, 0.15) is 12.4 Å². The molecule has 122 valence electrons. The number of non-ortho nitro benzene ring substituents is 1. The average molecular weight is 309 g/mol. The van der Waals surface area contributed by atoms with Crippen LogP contribution in [0.3, 0.4) is 0 Å². The summed E-state index contributed by atoms with van der Waals surface area (Å²) in [5, 5.41) is 10.7. The minimum Gasteiger partial charge on any atom is -0.491 e. The zero-order chi connectivity index (χ0) is 15.8. The van der Waals surface area contributed by atoms with E-state index < -0.39 is 4.92 Å². The number of nitrogens with zero attached hydrogens (tertiary/aromatic N) is 3. The summed E-state index contributed by atoms with van der Waals surface area (Å²) in [6, 6.07) is 6.18. The Hall–Kier alpha value is -1.70. The number of ether oxygens (including phenoxy) is 2. The summed E-state index contributed by atoms with van der Waals surface area (Å²) in [4.78, 5) is 14.9. The lowest BCUT2D eigenvalue weighted by Crippen LogP contribution is -2.45. The quantitative estimate of drug-likeness (QED) is 0.409. The lowest BCUT2D eigenvalue weighted by Gasteiger charge is -2.32. The predicted octanol–water partition coefficient (Wildman–Crippen LogP) is 1.24. The molecule has 2 rings (SSSR count). The van der Waals surface area contributed by atoms with E-state index >= 15 is 0 Å². The molecule has 1 aromatic rings. The normalized spacial score (nSPS) is 16.6. The predicted molar refractivity (Wildman–Crippen MR) is 83.3 cm³/mol. The highest BCUT2D eigenvalue weighted by molar-refractivity contribution is 5.37. The molecule has 1 fully saturated rings. The van der Waals surface area contributed by atoms with E-state index in [1.54, 1.807) is 12.1 Å². The molecule has 0 N–H and O–H groups in total. The molecule has 0 spiro atoms. The number of hydrogen-bond donors (Lipinski definition) is 0. The molecular weight excluding hydrogens is 286 g/mol. The number of rotatable bonds is 8. The molecule has 1 aliphatic heterocycles. The Labute approximate surface area is 130 Å². The maximum absolute atomic E-state index is 10.7. The van der Waals surface area contributed by atoms with Crippen LogP contribution in [0.4, 0.5) is 5.69 Å². The smallest absolute Gasteiger partial charge is 0.273 e. The fourth-order valence-electron chi connectivity index (χ4n) is 2.27. The third kappa shape index (κ3) is 5.59. The van der Waals surface area contributed by atoms with E-state index in [1.807, 2.05) is 0 Å². The minimum absolute atomic E-state index is 0.0356. The van der Waals surface area contributed by atoms with Crippen LogP contribution in [0.25, 0.3) is 0 Å². The van der Waals surface area contributed by atoms with E-state index in [9.17, 15) is 10.1 Å². The largest absolute Gasteiger partial charge is 0.491 e. The zero-order valence-electron chi connectivity index (χ0n) is 12.9. The number of likely N-dealkylation sites (N-methyl/N-ethyl adjacent to an activating group) is 1. The first-order chi connectivity index (χ1) is 10.6. The van der Waals surface area contributed by atoms with Crippen LogP contribution >= 0.6 is 0 Å². The Bertz CT molecular complexity index is 476. The van der Waals surface area contributed by atoms with Crippen LogP contribution in [0.2, 0.25) is 0 Å². The molecule has 1 aliphatic rings. The van der Waals surface area contributed by atoms with Crippen molar-refractivity contribution in [3.63, 3.8) is 0 Å². The Morgan fingerprint density at radius 3 is 2.68 bits per heavy atom. The summed E-state index contributed by atoms with van der Waals surface area (Å²) in [6.07, 6.45) is 0. The van der Waals surface area contributed by atoms with Crippen molar-refractivity contribution >= 4 is 5.69 Å². The van der Waals surface area contributed by atoms with Gasteiger partial charge in [0.2, 0.25) is 0 Å². The molecule has 7 nitrogen and oxygen atoms in total. The summed E-state index contributed by atoms with van der Waals surface area (Å²) in [5.41, 5.74) is 0.0356. The van der Waals surface area contributed by atoms with E-state index in [0.29, 0.717) is 25.6 Å². The molecule has 22 heavy (non-hydrogen) atoms. The van der Waals surface area contributed by atoms with Gasteiger partial charge >= 0.3 is 0 Å². The van der Waals surface area contributed by atoms with Gasteiger partial charge in [0, 0.05) is 38.8 Å². The second-order valence-corrected chi connectivity index (χ2v) is 5.36. The van der Waals surface area contributed by atoms with Crippen LogP contribution in [-0.4, -0.2) is 74.3 Å². The summed E-state index contributed by atoms with van der Waals surface area (Å²) < 4.78 is 11.0. The van der Waals surface area contributed by atoms with Crippen molar-refractivity contribution < 1.29 is 14.4 Å². The topological polar surface area (TPSA) is 68.1 Å². The Morgan fingerprint density at radius 1 is 1.18 bits per heavy atom. The van der Waals surface area contributed by atoms with Crippen LogP contribution in [0.15, 0.2) is 24.3 Å². The highest BCUT2D eigenvalue weighted by atomic mass is 16.6. The maximum Gasteiger partial charge on any atom is 0.273 e. The van der Waals surface area contributed by atoms with E-state index in [4.69, 9.17) is 9.47 Å². The molecule has 1 heterocycles. The minimum atomic E-state index is -0.431. The monoisotopic (exact) mass is 309 g/mol. The number of nitro groups is 1. The summed E-state index contributed by atoms with van der Waals surface area (Å²) in [7, 11) is 2.14. The Balaban J connectivity index is 1.56. The van der Waals surface area contributed by atoms with Gasteiger partial charge < -0.3 is 14.4 Å². The van der Waals surface area contributed by atoms with Gasteiger partial charge in [-0.05, 0) is 13.1 Å². The van der Waals surface area contributed by atoms with Gasteiger partial charge in [0.05, 0.1) is 24.2 Å². The van der Waals surface area contributed by atoms with Crippen LogP contribution in [-0.2, 0) is 4.74 Å². The van der Waals surface area contributed by atoms with Crippen LogP contribution in [0, 0.1) is 10.1 Å². The SMILES string of the molecule is CN1CCN(CCOCCOc2cccc([N+](=O)[O-])c2)CC1. The first kappa shape index (κ1) is 16.7. The van der Waals surface area contributed by atoms with Gasteiger partial charge in [-0.15, -0.1) is 0 Å². The Kier molecular flexibility index (Phi) is 6.57. The van der Waals surface area contributed by atoms with Crippen LogP contribution in [0.1, 0.15) is 0 Å². The summed E-state index contributed by atoms with van der Waals surface area (Å²) in [6.45, 7) is 6.88. The van der Waals surface area contributed by atoms with Crippen molar-refractivity contribution in [2.45, 2.75) is 0 Å². The maximum atomic E-state index is 10.7. The molecule has 0 unspecified atom stereocenters. The van der Waals surface area contributed by atoms with E-state index in [2.05, 4.69) is 16.8 Å². The highest BCUT2D eigenvalue weighted by Crippen LogP contribution is 2.18. The highest BCUT2D eigenvalue weighted by Gasteiger charge is 2.12. The lowest BCUT2D eigenvalue weighted by atomic mass is 10.3. The molecule has 7 heteroatoms. The second kappa shape index (κ2) is 8.67. The molecule has 0 aromatic heterocycles. The van der Waals surface area contributed by atoms with Gasteiger partial charge in [0.15, 0.2) is 0 Å². The van der Waals surface area contributed by atoms with E-state index in [0.717, 1.165) is 32.7 Å². The third-order valence-corrected chi connectivity index (χ3v) is 3.67. The van der Waals surface area contributed by atoms with Crippen LogP contribution < -0.4 is 4.74 Å². The van der Waals surface area contributed by atoms with Gasteiger partial charge in [-0.1, -0.05) is 6.07 Å². The molecule has 0 bridgehead atoms. The zero-order valence-corrected chi connectivity index (χ0v) is 12.9.